The molecule has 3 rings (SSSR count). The van der Waals surface area contributed by atoms with E-state index in [1.54, 1.807) is 7.11 Å². The Balaban J connectivity index is 2.03. The lowest BCUT2D eigenvalue weighted by Gasteiger charge is -2.47. The summed E-state index contributed by atoms with van der Waals surface area (Å²) in [5.74, 6) is 0.559. The van der Waals surface area contributed by atoms with E-state index in [4.69, 9.17) is 9.47 Å². The van der Waals surface area contributed by atoms with Crippen molar-refractivity contribution in [3.05, 3.63) is 12.2 Å². The average Bonchev–Trinajstić information content (AvgIpc) is 2.82. The highest BCUT2D eigenvalue weighted by molar-refractivity contribution is 5.27. The molecule has 0 aromatic rings. The zero-order valence-electron chi connectivity index (χ0n) is 12.6. The summed E-state index contributed by atoms with van der Waals surface area (Å²) in [6, 6.07) is 0. The molecule has 2 saturated carbocycles. The Morgan fingerprint density at radius 3 is 2.70 bits per heavy atom. The molecule has 0 bridgehead atoms. The minimum absolute atomic E-state index is 0.202. The first-order chi connectivity index (χ1) is 9.37. The molecule has 0 aromatic carbocycles. The Morgan fingerprint density at radius 1 is 1.35 bits per heavy atom. The summed E-state index contributed by atoms with van der Waals surface area (Å²) >= 11 is 0. The van der Waals surface area contributed by atoms with E-state index in [2.05, 4.69) is 20.4 Å². The summed E-state index contributed by atoms with van der Waals surface area (Å²) in [5.41, 5.74) is 0.230. The second-order valence-electron chi connectivity index (χ2n) is 7.22. The van der Waals surface area contributed by atoms with Crippen molar-refractivity contribution in [2.45, 2.75) is 51.6 Å². The first-order valence-corrected chi connectivity index (χ1v) is 7.56. The van der Waals surface area contributed by atoms with Gasteiger partial charge in [0.1, 0.15) is 0 Å². The highest BCUT2D eigenvalue weighted by Crippen LogP contribution is 2.66. The monoisotopic (exact) mass is 282 g/mol. The topological polar surface area (TPSA) is 58.9 Å². The van der Waals surface area contributed by atoms with Crippen molar-refractivity contribution >= 4 is 0 Å². The van der Waals surface area contributed by atoms with Gasteiger partial charge >= 0.3 is 0 Å². The van der Waals surface area contributed by atoms with Crippen molar-refractivity contribution in [2.75, 3.05) is 13.7 Å². The summed E-state index contributed by atoms with van der Waals surface area (Å²) in [4.78, 5) is 0. The lowest BCUT2D eigenvalue weighted by molar-refractivity contribution is -0.175. The van der Waals surface area contributed by atoms with Gasteiger partial charge in [0.15, 0.2) is 6.29 Å². The van der Waals surface area contributed by atoms with Gasteiger partial charge < -0.3 is 19.7 Å². The summed E-state index contributed by atoms with van der Waals surface area (Å²) in [7, 11) is 1.63. The maximum atomic E-state index is 11.2. The fourth-order valence-corrected chi connectivity index (χ4v) is 5.08. The molecule has 7 atom stereocenters. The Bertz CT molecular complexity index is 423. The van der Waals surface area contributed by atoms with Crippen molar-refractivity contribution in [1.29, 1.82) is 0 Å². The quantitative estimate of drug-likeness (QED) is 0.719. The largest absolute Gasteiger partial charge is 0.393 e. The number of hydrogen-bond acceptors (Lipinski definition) is 4. The second-order valence-corrected chi connectivity index (χ2v) is 7.22. The highest BCUT2D eigenvalue weighted by Gasteiger charge is 2.68. The third kappa shape index (κ3) is 1.56. The normalized spacial score (nSPS) is 55.5. The summed E-state index contributed by atoms with van der Waals surface area (Å²) in [6.45, 7) is 8.89. The molecule has 3 fully saturated rings. The fraction of sp³-hybridized carbons (Fsp3) is 0.875. The van der Waals surface area contributed by atoms with Gasteiger partial charge in [0.2, 0.25) is 0 Å². The fourth-order valence-electron chi connectivity index (χ4n) is 5.08. The number of ether oxygens (including phenoxy) is 2. The zero-order chi connectivity index (χ0) is 14.7. The van der Waals surface area contributed by atoms with Gasteiger partial charge in [-0.2, -0.15) is 0 Å². The average molecular weight is 282 g/mol. The number of rotatable bonds is 1. The van der Waals surface area contributed by atoms with Crippen LogP contribution in [0.25, 0.3) is 0 Å². The molecule has 1 aliphatic heterocycles. The molecule has 1 saturated heterocycles. The molecule has 4 heteroatoms. The molecule has 2 N–H and O–H groups in total. The zero-order valence-corrected chi connectivity index (χ0v) is 12.6. The molecule has 1 spiro atoms. The predicted molar refractivity (Wildman–Crippen MR) is 74.9 cm³/mol. The van der Waals surface area contributed by atoms with E-state index in [-0.39, 0.29) is 23.4 Å². The second kappa shape index (κ2) is 4.54. The van der Waals surface area contributed by atoms with Crippen LogP contribution in [-0.4, -0.2) is 42.4 Å². The first-order valence-electron chi connectivity index (χ1n) is 7.56. The summed E-state index contributed by atoms with van der Waals surface area (Å²) < 4.78 is 11.2. The van der Waals surface area contributed by atoms with Gasteiger partial charge in [0, 0.05) is 12.5 Å². The molecule has 4 nitrogen and oxygen atoms in total. The van der Waals surface area contributed by atoms with Crippen molar-refractivity contribution in [1.82, 2.24) is 0 Å². The van der Waals surface area contributed by atoms with E-state index < -0.39 is 17.8 Å². The Hall–Kier alpha value is -0.420. The van der Waals surface area contributed by atoms with Crippen molar-refractivity contribution in [3.8, 4) is 0 Å². The smallest absolute Gasteiger partial charge is 0.169 e. The van der Waals surface area contributed by atoms with E-state index in [0.29, 0.717) is 6.61 Å². The van der Waals surface area contributed by atoms with Crippen LogP contribution in [0.15, 0.2) is 12.2 Å². The van der Waals surface area contributed by atoms with Crippen LogP contribution in [0, 0.1) is 22.7 Å². The standard InChI is InChI=1S/C16H26O4/c1-9-5-12(17)6-11-7-16(13(18)15(9,11)3)10(2)8-20-14(16)19-4/h9,11-14,17-18H,2,5-8H2,1,3-4H3/t9-,11+,12+,13-,14+,15+,16-/m0/s1. The van der Waals surface area contributed by atoms with Crippen LogP contribution in [0.2, 0.25) is 0 Å². The highest BCUT2D eigenvalue weighted by atomic mass is 16.7. The van der Waals surface area contributed by atoms with Gasteiger partial charge in [-0.25, -0.2) is 0 Å². The molecule has 0 unspecified atom stereocenters. The van der Waals surface area contributed by atoms with E-state index in [9.17, 15) is 10.2 Å². The molecular formula is C16H26O4. The SMILES string of the molecule is C=C1CO[C@@H](OC)[C@@]12C[C@H]1C[C@H](O)C[C@H](C)[C@@]1(C)[C@@H]2O. The van der Waals surface area contributed by atoms with Crippen LogP contribution in [0.3, 0.4) is 0 Å². The molecule has 2 aliphatic carbocycles. The third-order valence-corrected chi connectivity index (χ3v) is 6.49. The van der Waals surface area contributed by atoms with Crippen molar-refractivity contribution in [3.63, 3.8) is 0 Å². The van der Waals surface area contributed by atoms with E-state index in [0.717, 1.165) is 24.8 Å². The lowest BCUT2D eigenvalue weighted by Crippen LogP contribution is -2.50. The van der Waals surface area contributed by atoms with Crippen LogP contribution >= 0.6 is 0 Å². The van der Waals surface area contributed by atoms with E-state index in [1.165, 1.54) is 0 Å². The number of fused-ring (bicyclic) bond motifs is 1. The summed E-state index contributed by atoms with van der Waals surface area (Å²) in [6.07, 6.45) is 1.10. The van der Waals surface area contributed by atoms with E-state index in [1.807, 2.05) is 0 Å². The number of hydrogen-bond donors (Lipinski definition) is 2. The Kier molecular flexibility index (Phi) is 3.29. The lowest BCUT2D eigenvalue weighted by atomic mass is 9.61. The minimum atomic E-state index is -0.526. The maximum absolute atomic E-state index is 11.2. The van der Waals surface area contributed by atoms with Gasteiger partial charge in [0.05, 0.1) is 24.2 Å². The molecule has 3 aliphatic rings. The number of aliphatic hydroxyl groups excluding tert-OH is 2. The molecule has 1 heterocycles. The molecule has 114 valence electrons. The van der Waals surface area contributed by atoms with Gasteiger partial charge in [-0.3, -0.25) is 0 Å². The van der Waals surface area contributed by atoms with E-state index >= 15 is 0 Å². The van der Waals surface area contributed by atoms with Gasteiger partial charge in [0.25, 0.3) is 0 Å². The van der Waals surface area contributed by atoms with Crippen molar-refractivity contribution in [2.24, 2.45) is 22.7 Å². The molecular weight excluding hydrogens is 256 g/mol. The summed E-state index contributed by atoms with van der Waals surface area (Å²) in [5, 5.41) is 21.2. The van der Waals surface area contributed by atoms with Crippen LogP contribution in [-0.2, 0) is 9.47 Å². The molecule has 0 radical (unpaired) electrons. The Morgan fingerprint density at radius 2 is 2.05 bits per heavy atom. The van der Waals surface area contributed by atoms with Crippen LogP contribution in [0.4, 0.5) is 0 Å². The van der Waals surface area contributed by atoms with Gasteiger partial charge in [-0.05, 0) is 36.7 Å². The predicted octanol–water partition coefficient (Wildman–Crippen LogP) is 1.71. The van der Waals surface area contributed by atoms with Gasteiger partial charge in [-0.1, -0.05) is 20.4 Å². The number of methoxy groups -OCH3 is 1. The molecule has 0 aromatic heterocycles. The van der Waals surface area contributed by atoms with Crippen LogP contribution < -0.4 is 0 Å². The first kappa shape index (κ1) is 14.5. The van der Waals surface area contributed by atoms with Crippen molar-refractivity contribution < 1.29 is 19.7 Å². The third-order valence-electron chi connectivity index (χ3n) is 6.49. The number of aliphatic hydroxyl groups is 2. The van der Waals surface area contributed by atoms with Crippen LogP contribution in [0.5, 0.6) is 0 Å². The maximum Gasteiger partial charge on any atom is 0.169 e. The van der Waals surface area contributed by atoms with Gasteiger partial charge in [-0.15, -0.1) is 0 Å². The molecule has 20 heavy (non-hydrogen) atoms. The molecule has 0 amide bonds. The van der Waals surface area contributed by atoms with Crippen LogP contribution in [0.1, 0.15) is 33.1 Å². The Labute approximate surface area is 120 Å². The minimum Gasteiger partial charge on any atom is -0.393 e.